The molecule has 0 aliphatic carbocycles. The van der Waals surface area contributed by atoms with Crippen LogP contribution in [-0.4, -0.2) is 46.2 Å². The molecule has 2 aliphatic heterocycles. The molecule has 2 aromatic rings. The number of nitrogens with one attached hydrogen (secondary N) is 1. The Morgan fingerprint density at radius 3 is 2.42 bits per heavy atom. The van der Waals surface area contributed by atoms with E-state index in [4.69, 9.17) is 19.5 Å². The molecule has 0 saturated carbocycles. The Kier molecular flexibility index (Phi) is 6.37. The molecular formula is C23H25F2N3O3. The number of ether oxygens (including phenoxy) is 3. The van der Waals surface area contributed by atoms with Crippen molar-refractivity contribution < 1.29 is 23.0 Å². The van der Waals surface area contributed by atoms with E-state index >= 15 is 0 Å². The Balaban J connectivity index is 1.48. The van der Waals surface area contributed by atoms with Crippen LogP contribution in [0.1, 0.15) is 17.5 Å². The number of halogens is 2. The summed E-state index contributed by atoms with van der Waals surface area (Å²) >= 11 is 0. The van der Waals surface area contributed by atoms with Crippen molar-refractivity contribution in [2.24, 2.45) is 5.41 Å². The normalized spacial score (nSPS) is 17.7. The maximum atomic E-state index is 14.6. The SMILES string of the molecule is COc1ccc(CN(CCC2OCC3(CNC3)CO2)c2ccc(C#N)cc2)c(F)c1F. The van der Waals surface area contributed by atoms with Gasteiger partial charge in [-0.15, -0.1) is 0 Å². The van der Waals surface area contributed by atoms with Gasteiger partial charge in [-0.3, -0.25) is 0 Å². The van der Waals surface area contributed by atoms with Gasteiger partial charge in [0.25, 0.3) is 0 Å². The highest BCUT2D eigenvalue weighted by molar-refractivity contribution is 5.50. The van der Waals surface area contributed by atoms with E-state index in [9.17, 15) is 8.78 Å². The summed E-state index contributed by atoms with van der Waals surface area (Å²) in [6, 6.07) is 12.0. The summed E-state index contributed by atoms with van der Waals surface area (Å²) in [6.45, 7) is 3.77. The van der Waals surface area contributed by atoms with Gasteiger partial charge in [0, 0.05) is 49.3 Å². The molecule has 2 saturated heterocycles. The van der Waals surface area contributed by atoms with E-state index in [0.717, 1.165) is 18.8 Å². The number of nitriles is 1. The van der Waals surface area contributed by atoms with Crippen LogP contribution >= 0.6 is 0 Å². The van der Waals surface area contributed by atoms with Crippen LogP contribution in [0.5, 0.6) is 5.75 Å². The molecule has 6 nitrogen and oxygen atoms in total. The van der Waals surface area contributed by atoms with Gasteiger partial charge in [-0.1, -0.05) is 6.07 Å². The zero-order valence-corrected chi connectivity index (χ0v) is 17.4. The van der Waals surface area contributed by atoms with Crippen molar-refractivity contribution in [3.8, 4) is 11.8 Å². The summed E-state index contributed by atoms with van der Waals surface area (Å²) in [5.41, 5.74) is 1.63. The predicted octanol–water partition coefficient (Wildman–Crippen LogP) is 3.20. The average Bonchev–Trinajstić information content (AvgIpc) is 2.79. The van der Waals surface area contributed by atoms with Crippen LogP contribution in [-0.2, 0) is 16.0 Å². The number of rotatable bonds is 7. The van der Waals surface area contributed by atoms with Crippen molar-refractivity contribution in [1.29, 1.82) is 5.26 Å². The van der Waals surface area contributed by atoms with E-state index in [1.807, 2.05) is 4.90 Å². The highest BCUT2D eigenvalue weighted by atomic mass is 19.2. The Bertz CT molecular complexity index is 948. The standard InChI is InChI=1S/C23H25F2N3O3/c1-29-19-7-4-17(21(24)22(19)25)11-28(18-5-2-16(10-26)3-6-18)9-8-20-30-14-23(15-31-20)12-27-13-23/h2-7,20,27H,8-9,11-15H2,1H3. The Hall–Kier alpha value is -2.73. The first kappa shape index (κ1) is 21.5. The molecule has 0 unspecified atom stereocenters. The summed E-state index contributed by atoms with van der Waals surface area (Å²) in [6.07, 6.45) is 0.230. The number of hydrogen-bond acceptors (Lipinski definition) is 6. The van der Waals surface area contributed by atoms with Gasteiger partial charge < -0.3 is 24.4 Å². The molecule has 2 heterocycles. The fraction of sp³-hybridized carbons (Fsp3) is 0.435. The average molecular weight is 429 g/mol. The number of methoxy groups -OCH3 is 1. The summed E-state index contributed by atoms with van der Waals surface area (Å²) < 4.78 is 45.4. The lowest BCUT2D eigenvalue weighted by atomic mass is 9.83. The van der Waals surface area contributed by atoms with Gasteiger partial charge in [0.1, 0.15) is 0 Å². The molecule has 8 heteroatoms. The summed E-state index contributed by atoms with van der Waals surface area (Å²) in [5, 5.41) is 12.3. The van der Waals surface area contributed by atoms with Gasteiger partial charge >= 0.3 is 0 Å². The minimum absolute atomic E-state index is 0.0903. The van der Waals surface area contributed by atoms with Gasteiger partial charge in [0.2, 0.25) is 5.82 Å². The minimum Gasteiger partial charge on any atom is -0.494 e. The zero-order valence-electron chi connectivity index (χ0n) is 17.4. The molecule has 164 valence electrons. The maximum Gasteiger partial charge on any atom is 0.200 e. The Morgan fingerprint density at radius 2 is 1.84 bits per heavy atom. The monoisotopic (exact) mass is 429 g/mol. The first-order chi connectivity index (χ1) is 15.0. The van der Waals surface area contributed by atoms with Crippen LogP contribution in [0.25, 0.3) is 0 Å². The van der Waals surface area contributed by atoms with Gasteiger partial charge in [0.15, 0.2) is 17.9 Å². The Labute approximate surface area is 180 Å². The molecule has 0 atom stereocenters. The molecular weight excluding hydrogens is 404 g/mol. The van der Waals surface area contributed by atoms with Crippen LogP contribution in [0.15, 0.2) is 36.4 Å². The van der Waals surface area contributed by atoms with Crippen molar-refractivity contribution in [1.82, 2.24) is 5.32 Å². The van der Waals surface area contributed by atoms with Crippen LogP contribution < -0.4 is 15.0 Å². The topological polar surface area (TPSA) is 66.8 Å². The van der Waals surface area contributed by atoms with Crippen LogP contribution in [0.2, 0.25) is 0 Å². The molecule has 31 heavy (non-hydrogen) atoms. The van der Waals surface area contributed by atoms with Crippen molar-refractivity contribution in [2.75, 3.05) is 44.9 Å². The third-order valence-electron chi connectivity index (χ3n) is 5.86. The van der Waals surface area contributed by atoms with Crippen molar-refractivity contribution in [2.45, 2.75) is 19.3 Å². The van der Waals surface area contributed by atoms with E-state index in [1.54, 1.807) is 24.3 Å². The lowest BCUT2D eigenvalue weighted by Gasteiger charge is -2.46. The van der Waals surface area contributed by atoms with Gasteiger partial charge in [-0.25, -0.2) is 4.39 Å². The van der Waals surface area contributed by atoms with E-state index in [2.05, 4.69) is 11.4 Å². The number of anilines is 1. The smallest absolute Gasteiger partial charge is 0.200 e. The second-order valence-electron chi connectivity index (χ2n) is 8.08. The molecule has 2 fully saturated rings. The molecule has 2 aliphatic rings. The van der Waals surface area contributed by atoms with E-state index < -0.39 is 11.6 Å². The first-order valence-corrected chi connectivity index (χ1v) is 10.2. The second-order valence-corrected chi connectivity index (χ2v) is 8.08. The predicted molar refractivity (Wildman–Crippen MR) is 111 cm³/mol. The molecule has 1 spiro atoms. The van der Waals surface area contributed by atoms with Gasteiger partial charge in [-0.05, 0) is 30.3 Å². The lowest BCUT2D eigenvalue weighted by molar-refractivity contribution is -0.239. The fourth-order valence-electron chi connectivity index (χ4n) is 3.84. The maximum absolute atomic E-state index is 14.6. The molecule has 0 amide bonds. The molecule has 0 radical (unpaired) electrons. The van der Waals surface area contributed by atoms with E-state index in [0.29, 0.717) is 31.7 Å². The molecule has 4 rings (SSSR count). The van der Waals surface area contributed by atoms with E-state index in [1.165, 1.54) is 19.2 Å². The minimum atomic E-state index is -1.00. The summed E-state index contributed by atoms with van der Waals surface area (Å²) in [7, 11) is 1.30. The molecule has 0 aromatic heterocycles. The highest BCUT2D eigenvalue weighted by Crippen LogP contribution is 2.30. The summed E-state index contributed by atoms with van der Waals surface area (Å²) in [5.74, 6) is -2.06. The quantitative estimate of drug-likeness (QED) is 0.729. The number of nitrogens with zero attached hydrogens (tertiary/aromatic N) is 2. The van der Waals surface area contributed by atoms with Gasteiger partial charge in [0.05, 0.1) is 32.0 Å². The van der Waals surface area contributed by atoms with Crippen molar-refractivity contribution in [3.05, 3.63) is 59.2 Å². The number of hydrogen-bond donors (Lipinski definition) is 1. The largest absolute Gasteiger partial charge is 0.494 e. The van der Waals surface area contributed by atoms with E-state index in [-0.39, 0.29) is 29.6 Å². The first-order valence-electron chi connectivity index (χ1n) is 10.2. The van der Waals surface area contributed by atoms with Crippen molar-refractivity contribution in [3.63, 3.8) is 0 Å². The van der Waals surface area contributed by atoms with Crippen LogP contribution in [0.4, 0.5) is 14.5 Å². The molecule has 1 N–H and O–H groups in total. The lowest BCUT2D eigenvalue weighted by Crippen LogP contribution is -2.61. The molecule has 2 aromatic carbocycles. The zero-order chi connectivity index (χ0) is 21.8. The summed E-state index contributed by atoms with van der Waals surface area (Å²) in [4.78, 5) is 1.92. The fourth-order valence-corrected chi connectivity index (χ4v) is 3.84. The Morgan fingerprint density at radius 1 is 1.13 bits per heavy atom. The molecule has 0 bridgehead atoms. The van der Waals surface area contributed by atoms with Crippen LogP contribution in [0, 0.1) is 28.4 Å². The highest BCUT2D eigenvalue weighted by Gasteiger charge is 2.42. The second kappa shape index (κ2) is 9.18. The number of benzene rings is 2. The van der Waals surface area contributed by atoms with Gasteiger partial charge in [-0.2, -0.15) is 9.65 Å². The third kappa shape index (κ3) is 4.64. The third-order valence-corrected chi connectivity index (χ3v) is 5.86. The van der Waals surface area contributed by atoms with Crippen LogP contribution in [0.3, 0.4) is 0 Å². The van der Waals surface area contributed by atoms with Crippen molar-refractivity contribution >= 4 is 5.69 Å².